The van der Waals surface area contributed by atoms with Gasteiger partial charge in [-0.15, -0.1) is 11.3 Å². The molecule has 1 unspecified atom stereocenters. The lowest BCUT2D eigenvalue weighted by Crippen LogP contribution is -2.38. The summed E-state index contributed by atoms with van der Waals surface area (Å²) in [7, 11) is 1.60. The lowest BCUT2D eigenvalue weighted by atomic mass is 9.78. The molecule has 1 N–H and O–H groups in total. The number of carbonyl (C=O) groups excluding carboxylic acids is 2. The number of anilines is 2. The average Bonchev–Trinajstić information content (AvgIpc) is 3.33. The Morgan fingerprint density at radius 1 is 1.03 bits per heavy atom. The van der Waals surface area contributed by atoms with Gasteiger partial charge in [-0.05, 0) is 37.5 Å². The molecule has 1 heterocycles. The molecule has 1 atom stereocenters. The molecule has 34 heavy (non-hydrogen) atoms. The molecule has 0 radical (unpaired) electrons. The van der Waals surface area contributed by atoms with Gasteiger partial charge in [0.1, 0.15) is 17.8 Å². The second kappa shape index (κ2) is 12.2. The summed E-state index contributed by atoms with van der Waals surface area (Å²) in [6.07, 6.45) is 0.760. The molecule has 3 aromatic rings. The summed E-state index contributed by atoms with van der Waals surface area (Å²) < 4.78 is 16.2. The van der Waals surface area contributed by atoms with E-state index in [-0.39, 0.29) is 38.0 Å². The van der Waals surface area contributed by atoms with Crippen molar-refractivity contribution in [3.8, 4) is 5.75 Å². The van der Waals surface area contributed by atoms with E-state index >= 15 is 0 Å². The minimum absolute atomic E-state index is 0.0757. The third-order valence-electron chi connectivity index (χ3n) is 5.61. The number of thiazole rings is 1. The van der Waals surface area contributed by atoms with Crippen LogP contribution in [0.25, 0.3) is 0 Å². The van der Waals surface area contributed by atoms with Crippen LogP contribution in [0.4, 0.5) is 10.8 Å². The number of benzene rings is 2. The number of hydrogen-bond acceptors (Lipinski definition) is 8. The Morgan fingerprint density at radius 2 is 1.76 bits per heavy atom. The first-order chi connectivity index (χ1) is 16.5. The van der Waals surface area contributed by atoms with Gasteiger partial charge >= 0.3 is 11.9 Å². The van der Waals surface area contributed by atoms with Gasteiger partial charge < -0.3 is 19.5 Å². The van der Waals surface area contributed by atoms with Gasteiger partial charge in [0.25, 0.3) is 0 Å². The Labute approximate surface area is 204 Å². The van der Waals surface area contributed by atoms with Gasteiger partial charge in [0.15, 0.2) is 5.13 Å². The fraction of sp³-hybridized carbons (Fsp3) is 0.346. The van der Waals surface area contributed by atoms with Crippen molar-refractivity contribution in [3.63, 3.8) is 0 Å². The molecule has 0 saturated carbocycles. The highest BCUT2D eigenvalue weighted by Crippen LogP contribution is 2.38. The molecule has 0 spiro atoms. The van der Waals surface area contributed by atoms with Crippen LogP contribution in [-0.4, -0.2) is 30.6 Å². The van der Waals surface area contributed by atoms with Gasteiger partial charge in [0.2, 0.25) is 0 Å². The number of aromatic nitrogens is 1. The van der Waals surface area contributed by atoms with Crippen LogP contribution in [0.5, 0.6) is 5.75 Å². The molecule has 8 heteroatoms. The molecule has 7 nitrogen and oxygen atoms in total. The van der Waals surface area contributed by atoms with Gasteiger partial charge in [-0.1, -0.05) is 49.4 Å². The zero-order valence-corrected chi connectivity index (χ0v) is 20.5. The summed E-state index contributed by atoms with van der Waals surface area (Å²) in [5.74, 6) is -0.0661. The standard InChI is InChI=1S/C26H30N2O5S/c1-4-26(24(30)32-5-2,16-15-23(29)33-17-19-11-7-6-8-12-19)22-18-34-25(28-22)27-20-13-9-10-14-21(20)31-3/h6-14,18H,4-5,15-17H2,1-3H3,(H,27,28). The van der Waals surface area contributed by atoms with Gasteiger partial charge in [-0.3, -0.25) is 9.59 Å². The fourth-order valence-electron chi connectivity index (χ4n) is 3.65. The lowest BCUT2D eigenvalue weighted by Gasteiger charge is -2.28. The topological polar surface area (TPSA) is 86.8 Å². The van der Waals surface area contributed by atoms with Crippen LogP contribution >= 0.6 is 11.3 Å². The highest BCUT2D eigenvalue weighted by atomic mass is 32.1. The number of para-hydroxylation sites is 2. The highest BCUT2D eigenvalue weighted by Gasteiger charge is 2.42. The quantitative estimate of drug-likeness (QED) is 0.335. The molecule has 0 fully saturated rings. The Kier molecular flexibility index (Phi) is 9.04. The maximum Gasteiger partial charge on any atom is 0.318 e. The minimum atomic E-state index is -1.04. The second-order valence-electron chi connectivity index (χ2n) is 7.67. The van der Waals surface area contributed by atoms with E-state index < -0.39 is 5.41 Å². The Balaban J connectivity index is 1.76. The summed E-state index contributed by atoms with van der Waals surface area (Å²) in [5, 5.41) is 5.71. The van der Waals surface area contributed by atoms with Crippen LogP contribution in [0.15, 0.2) is 60.0 Å². The fourth-order valence-corrected chi connectivity index (χ4v) is 4.47. The van der Waals surface area contributed by atoms with Crippen molar-refractivity contribution in [2.24, 2.45) is 0 Å². The average molecular weight is 483 g/mol. The van der Waals surface area contributed by atoms with Crippen molar-refractivity contribution in [1.82, 2.24) is 4.98 Å². The molecule has 0 saturated heterocycles. The largest absolute Gasteiger partial charge is 0.495 e. The molecule has 0 aliphatic rings. The van der Waals surface area contributed by atoms with Crippen LogP contribution in [0.3, 0.4) is 0 Å². The normalized spacial score (nSPS) is 12.4. The first-order valence-corrected chi connectivity index (χ1v) is 12.1. The number of methoxy groups -OCH3 is 1. The summed E-state index contributed by atoms with van der Waals surface area (Å²) in [4.78, 5) is 30.3. The summed E-state index contributed by atoms with van der Waals surface area (Å²) in [5.41, 5.74) is 1.22. The number of esters is 2. The molecule has 0 amide bonds. The van der Waals surface area contributed by atoms with Gasteiger partial charge in [-0.25, -0.2) is 4.98 Å². The first-order valence-electron chi connectivity index (χ1n) is 11.2. The molecule has 0 aliphatic heterocycles. The predicted octanol–water partition coefficient (Wildman–Crippen LogP) is 5.63. The van der Waals surface area contributed by atoms with E-state index in [9.17, 15) is 9.59 Å². The van der Waals surface area contributed by atoms with Crippen LogP contribution in [-0.2, 0) is 31.1 Å². The number of ether oxygens (including phenoxy) is 3. The number of nitrogens with one attached hydrogen (secondary N) is 1. The molecule has 0 aliphatic carbocycles. The van der Waals surface area contributed by atoms with Gasteiger partial charge in [0, 0.05) is 11.8 Å². The summed E-state index contributed by atoms with van der Waals surface area (Å²) >= 11 is 1.38. The number of rotatable bonds is 12. The Morgan fingerprint density at radius 3 is 2.47 bits per heavy atom. The lowest BCUT2D eigenvalue weighted by molar-refractivity contribution is -0.152. The summed E-state index contributed by atoms with van der Waals surface area (Å²) in [6, 6.07) is 17.0. The van der Waals surface area contributed by atoms with Crippen molar-refractivity contribution in [3.05, 3.63) is 71.2 Å². The molecule has 2 aromatic carbocycles. The van der Waals surface area contributed by atoms with E-state index in [4.69, 9.17) is 19.2 Å². The molecule has 180 valence electrons. The number of nitrogens with zero attached hydrogens (tertiary/aromatic N) is 1. The molecular weight excluding hydrogens is 452 g/mol. The summed E-state index contributed by atoms with van der Waals surface area (Å²) in [6.45, 7) is 4.11. The Bertz CT molecular complexity index is 1090. The molecule has 1 aromatic heterocycles. The second-order valence-corrected chi connectivity index (χ2v) is 8.52. The maximum atomic E-state index is 13.1. The van der Waals surface area contributed by atoms with E-state index in [2.05, 4.69) is 5.32 Å². The zero-order valence-electron chi connectivity index (χ0n) is 19.7. The van der Waals surface area contributed by atoms with Crippen molar-refractivity contribution in [2.75, 3.05) is 19.0 Å². The number of carbonyl (C=O) groups is 2. The smallest absolute Gasteiger partial charge is 0.318 e. The zero-order chi connectivity index (χ0) is 24.4. The minimum Gasteiger partial charge on any atom is -0.495 e. The molecular formula is C26H30N2O5S. The third-order valence-corrected chi connectivity index (χ3v) is 6.37. The van der Waals surface area contributed by atoms with E-state index in [0.29, 0.717) is 23.0 Å². The van der Waals surface area contributed by atoms with Crippen molar-refractivity contribution in [2.45, 2.75) is 45.1 Å². The number of hydrogen-bond donors (Lipinski definition) is 1. The first kappa shape index (κ1) is 25.2. The van der Waals surface area contributed by atoms with Crippen LogP contribution in [0.2, 0.25) is 0 Å². The third kappa shape index (κ3) is 6.14. The van der Waals surface area contributed by atoms with E-state index in [1.165, 1.54) is 11.3 Å². The molecule has 3 rings (SSSR count). The van der Waals surface area contributed by atoms with Gasteiger partial charge in [-0.2, -0.15) is 0 Å². The molecule has 0 bridgehead atoms. The van der Waals surface area contributed by atoms with Crippen molar-refractivity contribution in [1.29, 1.82) is 0 Å². The van der Waals surface area contributed by atoms with E-state index in [1.807, 2.05) is 66.9 Å². The van der Waals surface area contributed by atoms with Crippen LogP contribution < -0.4 is 10.1 Å². The SMILES string of the molecule is CCOC(=O)C(CC)(CCC(=O)OCc1ccccc1)c1csc(Nc2ccccc2OC)n1. The van der Waals surface area contributed by atoms with Crippen molar-refractivity contribution >= 4 is 34.1 Å². The van der Waals surface area contributed by atoms with Crippen molar-refractivity contribution < 1.29 is 23.8 Å². The Hall–Kier alpha value is -3.39. The monoisotopic (exact) mass is 482 g/mol. The van der Waals surface area contributed by atoms with Gasteiger partial charge in [0.05, 0.1) is 25.1 Å². The van der Waals surface area contributed by atoms with Crippen LogP contribution in [0, 0.1) is 0 Å². The highest BCUT2D eigenvalue weighted by molar-refractivity contribution is 7.13. The van der Waals surface area contributed by atoms with E-state index in [0.717, 1.165) is 11.3 Å². The maximum absolute atomic E-state index is 13.1. The van der Waals surface area contributed by atoms with E-state index in [1.54, 1.807) is 14.0 Å². The predicted molar refractivity (Wildman–Crippen MR) is 132 cm³/mol. The van der Waals surface area contributed by atoms with Crippen LogP contribution in [0.1, 0.15) is 44.4 Å².